The molecule has 0 aliphatic carbocycles. The van der Waals surface area contributed by atoms with Crippen molar-refractivity contribution in [2.75, 3.05) is 16.4 Å². The molecule has 4 amide bonds. The molecule has 6 N–H and O–H groups in total. The molecule has 0 bridgehead atoms. The van der Waals surface area contributed by atoms with Crippen LogP contribution in [-0.4, -0.2) is 32.8 Å². The Morgan fingerprint density at radius 1 is 0.750 bits per heavy atom. The van der Waals surface area contributed by atoms with Crippen LogP contribution in [0, 0.1) is 12.6 Å². The van der Waals surface area contributed by atoms with E-state index in [1.54, 1.807) is 13.8 Å². The minimum absolute atomic E-state index is 0.154. The van der Waals surface area contributed by atoms with E-state index in [-0.39, 0.29) is 5.95 Å². The van der Waals surface area contributed by atoms with Gasteiger partial charge >= 0.3 is 6.03 Å². The van der Waals surface area contributed by atoms with Gasteiger partial charge in [0.2, 0.25) is 29.7 Å². The number of nitrogen functional groups attached to an aromatic ring is 1. The average Bonchev–Trinajstić information content (AvgIpc) is 2.83. The number of hydrogen-bond donors (Lipinski definition) is 5. The van der Waals surface area contributed by atoms with Gasteiger partial charge in [0.1, 0.15) is 5.41 Å². The fraction of sp³-hybridized carbons (Fsp3) is 0.217. The number of benzene rings is 2. The number of aromatic nitrogens is 3. The predicted molar refractivity (Wildman–Crippen MR) is 154 cm³/mol. The van der Waals surface area contributed by atoms with Crippen molar-refractivity contribution in [3.8, 4) is 0 Å². The van der Waals surface area contributed by atoms with Crippen molar-refractivity contribution in [1.29, 1.82) is 0 Å². The second kappa shape index (κ2) is 12.2. The molecule has 0 saturated carbocycles. The molecule has 1 fully saturated rings. The number of carbonyl (C=O) groups excluding carboxylic acids is 3. The number of anilines is 5. The van der Waals surface area contributed by atoms with E-state index in [2.05, 4.69) is 81.4 Å². The number of rotatable bonds is 6. The number of imide groups is 2. The number of barbiturate groups is 1. The Hall–Kier alpha value is -3.08. The summed E-state index contributed by atoms with van der Waals surface area (Å²) in [6, 6.07) is 15.1. The minimum atomic E-state index is -1.06. The number of carbonyl (C=O) groups is 3. The maximum Gasteiger partial charge on any atom is 0.328 e. The van der Waals surface area contributed by atoms with E-state index in [0.29, 0.717) is 24.7 Å². The zero-order chi connectivity index (χ0) is 26.3. The van der Waals surface area contributed by atoms with Crippen molar-refractivity contribution >= 4 is 92.2 Å². The van der Waals surface area contributed by atoms with Gasteiger partial charge in [0, 0.05) is 18.5 Å². The third kappa shape index (κ3) is 6.99. The number of nitrogens with two attached hydrogens (primary N) is 1. The van der Waals surface area contributed by atoms with Crippen LogP contribution < -0.4 is 27.0 Å². The van der Waals surface area contributed by atoms with Gasteiger partial charge in [-0.3, -0.25) is 20.2 Å². The summed E-state index contributed by atoms with van der Waals surface area (Å²) in [6.45, 7) is 3.50. The first-order valence-corrected chi connectivity index (χ1v) is 13.0. The molecule has 0 atom stereocenters. The van der Waals surface area contributed by atoms with Crippen molar-refractivity contribution in [1.82, 2.24) is 25.6 Å². The van der Waals surface area contributed by atoms with E-state index in [0.717, 1.165) is 18.5 Å². The maximum atomic E-state index is 11.4. The molecule has 188 valence electrons. The quantitative estimate of drug-likeness (QED) is 0.185. The van der Waals surface area contributed by atoms with Crippen LogP contribution in [0.1, 0.15) is 26.7 Å². The van der Waals surface area contributed by atoms with E-state index in [1.807, 2.05) is 48.5 Å². The highest BCUT2D eigenvalue weighted by Gasteiger charge is 2.47. The van der Waals surface area contributed by atoms with Crippen LogP contribution >= 0.6 is 45.2 Å². The van der Waals surface area contributed by atoms with Gasteiger partial charge in [-0.1, -0.05) is 13.8 Å². The first-order chi connectivity index (χ1) is 17.1. The summed E-state index contributed by atoms with van der Waals surface area (Å²) in [7, 11) is 0. The Balaban J connectivity index is 0.000000236. The van der Waals surface area contributed by atoms with Crippen molar-refractivity contribution in [3.05, 3.63) is 55.7 Å². The van der Waals surface area contributed by atoms with E-state index < -0.39 is 23.3 Å². The molecule has 0 unspecified atom stereocenters. The number of nitrogens with one attached hydrogen (secondary N) is 4. The number of hydrogen-bond acceptors (Lipinski definition) is 9. The van der Waals surface area contributed by atoms with Crippen molar-refractivity contribution < 1.29 is 14.4 Å². The molecule has 1 aliphatic heterocycles. The summed E-state index contributed by atoms with van der Waals surface area (Å²) in [5.41, 5.74) is 6.48. The highest BCUT2D eigenvalue weighted by atomic mass is 127. The summed E-state index contributed by atoms with van der Waals surface area (Å²) in [4.78, 5) is 46.1. The van der Waals surface area contributed by atoms with E-state index in [9.17, 15) is 14.4 Å². The lowest BCUT2D eigenvalue weighted by molar-refractivity contribution is -0.144. The maximum absolute atomic E-state index is 11.4. The first-order valence-electron chi connectivity index (χ1n) is 10.9. The molecule has 36 heavy (non-hydrogen) atoms. The Morgan fingerprint density at radius 3 is 1.50 bits per heavy atom. The molecule has 0 radical (unpaired) electrons. The second-order valence-electron chi connectivity index (χ2n) is 7.63. The topological polar surface area (TPSA) is 164 Å². The summed E-state index contributed by atoms with van der Waals surface area (Å²) in [5.74, 6) is -0.0445. The molecule has 2 heterocycles. The Bertz CT molecular complexity index is 1160. The number of nitrogens with zero attached hydrogens (tertiary/aromatic N) is 3. The Morgan fingerprint density at radius 2 is 1.14 bits per heavy atom. The van der Waals surface area contributed by atoms with Gasteiger partial charge in [-0.2, -0.15) is 15.0 Å². The van der Waals surface area contributed by atoms with Gasteiger partial charge in [-0.15, -0.1) is 0 Å². The molecule has 1 aromatic heterocycles. The summed E-state index contributed by atoms with van der Waals surface area (Å²) < 4.78 is 2.31. The molecule has 3 aromatic rings. The molecule has 2 aromatic carbocycles. The first kappa shape index (κ1) is 27.5. The fourth-order valence-electron chi connectivity index (χ4n) is 3.30. The normalized spacial score (nSPS) is 14.2. The standard InChI is InChI=1S/C15H12I2N6.C8H12N2O3/c16-9-1-5-11(6-2-9)19-14-21-13(18)22-15(23-14)20-12-7-3-10(17)4-8-12;1-3-8(4-2)5(11)9-7(13)10-6(8)12/h1-8H,(H4,18,19,20,21,22,23);3-4H2,1-2H3,(H2,9,10,11,12,13). The van der Waals surface area contributed by atoms with Crippen LogP contribution in [0.25, 0.3) is 0 Å². The van der Waals surface area contributed by atoms with Crippen LogP contribution in [0.4, 0.5) is 34.0 Å². The SMILES string of the molecule is CCC1(CC)C(=O)NC(=O)NC1=O.Nc1nc(Nc2ccc(I)cc2)nc(Nc2ccc(I)cc2)n1. The largest absolute Gasteiger partial charge is 0.368 e. The lowest BCUT2D eigenvalue weighted by atomic mass is 9.79. The molecule has 1 aliphatic rings. The smallest absolute Gasteiger partial charge is 0.328 e. The third-order valence-corrected chi connectivity index (χ3v) is 6.82. The summed E-state index contributed by atoms with van der Waals surface area (Å²) in [6.07, 6.45) is 0.795. The lowest BCUT2D eigenvalue weighted by Crippen LogP contribution is -2.61. The van der Waals surface area contributed by atoms with Crippen LogP contribution in [0.15, 0.2) is 48.5 Å². The van der Waals surface area contributed by atoms with Crippen molar-refractivity contribution in [2.24, 2.45) is 5.41 Å². The minimum Gasteiger partial charge on any atom is -0.368 e. The van der Waals surface area contributed by atoms with E-state index in [4.69, 9.17) is 5.73 Å². The van der Waals surface area contributed by atoms with Gasteiger partial charge in [0.25, 0.3) is 0 Å². The van der Waals surface area contributed by atoms with Gasteiger partial charge in [0.05, 0.1) is 0 Å². The van der Waals surface area contributed by atoms with Crippen LogP contribution in [0.3, 0.4) is 0 Å². The molecular formula is C23H24I2N8O3. The zero-order valence-corrected chi connectivity index (χ0v) is 23.7. The Kier molecular flexibility index (Phi) is 9.36. The highest BCUT2D eigenvalue weighted by Crippen LogP contribution is 2.28. The molecule has 4 rings (SSSR count). The number of amides is 4. The number of halogens is 2. The van der Waals surface area contributed by atoms with Crippen LogP contribution in [0.2, 0.25) is 0 Å². The van der Waals surface area contributed by atoms with Crippen LogP contribution in [0.5, 0.6) is 0 Å². The second-order valence-corrected chi connectivity index (χ2v) is 10.1. The fourth-order valence-corrected chi connectivity index (χ4v) is 4.02. The Labute approximate surface area is 235 Å². The van der Waals surface area contributed by atoms with Gasteiger partial charge in [-0.05, 0) is 107 Å². The summed E-state index contributed by atoms with van der Waals surface area (Å²) in [5, 5.41) is 10.4. The summed E-state index contributed by atoms with van der Waals surface area (Å²) >= 11 is 4.51. The van der Waals surface area contributed by atoms with E-state index >= 15 is 0 Å². The molecule has 1 saturated heterocycles. The van der Waals surface area contributed by atoms with Gasteiger partial charge in [0.15, 0.2) is 0 Å². The lowest BCUT2D eigenvalue weighted by Gasteiger charge is -2.31. The molecule has 0 spiro atoms. The number of urea groups is 1. The van der Waals surface area contributed by atoms with Gasteiger partial charge < -0.3 is 16.4 Å². The highest BCUT2D eigenvalue weighted by molar-refractivity contribution is 14.1. The van der Waals surface area contributed by atoms with Gasteiger partial charge in [-0.25, -0.2) is 4.79 Å². The molecular weight excluding hydrogens is 690 g/mol. The third-order valence-electron chi connectivity index (χ3n) is 5.38. The predicted octanol–water partition coefficient (Wildman–Crippen LogP) is 4.31. The van der Waals surface area contributed by atoms with Crippen molar-refractivity contribution in [3.63, 3.8) is 0 Å². The van der Waals surface area contributed by atoms with Crippen molar-refractivity contribution in [2.45, 2.75) is 26.7 Å². The zero-order valence-electron chi connectivity index (χ0n) is 19.4. The van der Waals surface area contributed by atoms with E-state index in [1.165, 1.54) is 0 Å². The molecule has 13 heteroatoms. The molecule has 11 nitrogen and oxygen atoms in total. The average molecular weight is 714 g/mol. The van der Waals surface area contributed by atoms with Crippen LogP contribution in [-0.2, 0) is 9.59 Å². The monoisotopic (exact) mass is 714 g/mol.